The Morgan fingerprint density at radius 1 is 1.50 bits per heavy atom. The summed E-state index contributed by atoms with van der Waals surface area (Å²) >= 11 is 0. The van der Waals surface area contributed by atoms with Gasteiger partial charge in [-0.2, -0.15) is 5.10 Å². The van der Waals surface area contributed by atoms with Crippen LogP contribution in [0.5, 0.6) is 0 Å². The molecule has 0 spiro atoms. The molecule has 3 rings (SSSR count). The van der Waals surface area contributed by atoms with Crippen LogP contribution in [0.2, 0.25) is 0 Å². The van der Waals surface area contributed by atoms with Gasteiger partial charge in [-0.05, 0) is 19.8 Å². The first-order valence-electron chi connectivity index (χ1n) is 6.89. The van der Waals surface area contributed by atoms with E-state index in [-0.39, 0.29) is 5.41 Å². The van der Waals surface area contributed by atoms with Crippen LogP contribution in [-0.2, 0) is 11.8 Å². The lowest BCUT2D eigenvalue weighted by atomic mass is 9.55. The summed E-state index contributed by atoms with van der Waals surface area (Å²) in [6.07, 6.45) is 2.89. The van der Waals surface area contributed by atoms with Crippen molar-refractivity contribution in [2.45, 2.75) is 45.8 Å². The summed E-state index contributed by atoms with van der Waals surface area (Å²) in [5.74, 6) is 1.65. The molecular formula is C14H23N3O. The highest BCUT2D eigenvalue weighted by atomic mass is 16.5. The van der Waals surface area contributed by atoms with Crippen molar-refractivity contribution in [2.24, 2.45) is 18.4 Å². The first kappa shape index (κ1) is 12.0. The second-order valence-electron chi connectivity index (χ2n) is 6.34. The fourth-order valence-electron chi connectivity index (χ4n) is 3.61. The smallest absolute Gasteiger partial charge is 0.148 e. The Hall–Kier alpha value is -1.03. The molecule has 1 aromatic rings. The number of rotatable bonds is 2. The van der Waals surface area contributed by atoms with E-state index in [2.05, 4.69) is 37.3 Å². The van der Waals surface area contributed by atoms with Crippen LogP contribution in [0.25, 0.3) is 0 Å². The normalized spacial score (nSPS) is 33.7. The lowest BCUT2D eigenvalue weighted by Gasteiger charge is -2.60. The van der Waals surface area contributed by atoms with E-state index in [1.54, 1.807) is 0 Å². The Morgan fingerprint density at radius 3 is 2.94 bits per heavy atom. The zero-order chi connectivity index (χ0) is 12.9. The molecule has 100 valence electrons. The SMILES string of the molecule is Cc1cc(NC2C3CCCOC3C2(C)C)nn1C. The molecule has 2 fully saturated rings. The predicted molar refractivity (Wildman–Crippen MR) is 71.6 cm³/mol. The van der Waals surface area contributed by atoms with Gasteiger partial charge < -0.3 is 10.1 Å². The first-order valence-corrected chi connectivity index (χ1v) is 6.89. The molecule has 1 aromatic heterocycles. The van der Waals surface area contributed by atoms with Gasteiger partial charge in [-0.3, -0.25) is 4.68 Å². The van der Waals surface area contributed by atoms with E-state index in [9.17, 15) is 0 Å². The summed E-state index contributed by atoms with van der Waals surface area (Å²) in [4.78, 5) is 0. The minimum Gasteiger partial charge on any atom is -0.377 e. The molecule has 1 aliphatic carbocycles. The molecule has 0 aromatic carbocycles. The lowest BCUT2D eigenvalue weighted by molar-refractivity contribution is -0.177. The Kier molecular flexibility index (Phi) is 2.66. The van der Waals surface area contributed by atoms with E-state index in [0.29, 0.717) is 18.1 Å². The van der Waals surface area contributed by atoms with E-state index < -0.39 is 0 Å². The van der Waals surface area contributed by atoms with Crippen molar-refractivity contribution in [2.75, 3.05) is 11.9 Å². The molecule has 3 unspecified atom stereocenters. The van der Waals surface area contributed by atoms with Crippen LogP contribution < -0.4 is 5.32 Å². The molecule has 3 atom stereocenters. The minimum atomic E-state index is 0.205. The van der Waals surface area contributed by atoms with Gasteiger partial charge in [0.15, 0.2) is 0 Å². The van der Waals surface area contributed by atoms with Gasteiger partial charge in [0.1, 0.15) is 5.82 Å². The van der Waals surface area contributed by atoms with Crippen molar-refractivity contribution in [3.63, 3.8) is 0 Å². The largest absolute Gasteiger partial charge is 0.377 e. The van der Waals surface area contributed by atoms with Crippen LogP contribution in [-0.4, -0.2) is 28.5 Å². The highest BCUT2D eigenvalue weighted by Gasteiger charge is 2.58. The fraction of sp³-hybridized carbons (Fsp3) is 0.786. The van der Waals surface area contributed by atoms with Crippen molar-refractivity contribution in [1.82, 2.24) is 9.78 Å². The second kappa shape index (κ2) is 3.98. The predicted octanol–water partition coefficient (Wildman–Crippen LogP) is 2.34. The standard InChI is InChI=1S/C14H23N3O/c1-9-8-11(16-17(9)4)15-12-10-6-5-7-18-13(10)14(12,2)3/h8,10,12-13H,5-7H2,1-4H3,(H,15,16). The second-order valence-corrected chi connectivity index (χ2v) is 6.34. The zero-order valence-corrected chi connectivity index (χ0v) is 11.7. The topological polar surface area (TPSA) is 39.1 Å². The third-order valence-electron chi connectivity index (χ3n) is 4.75. The molecular weight excluding hydrogens is 226 g/mol. The van der Waals surface area contributed by atoms with Crippen LogP contribution in [0.3, 0.4) is 0 Å². The summed E-state index contributed by atoms with van der Waals surface area (Å²) in [5.41, 5.74) is 1.39. The maximum Gasteiger partial charge on any atom is 0.148 e. The molecule has 18 heavy (non-hydrogen) atoms. The number of ether oxygens (including phenoxy) is 1. The number of aryl methyl sites for hydroxylation is 2. The summed E-state index contributed by atoms with van der Waals surface area (Å²) in [6, 6.07) is 2.60. The zero-order valence-electron chi connectivity index (χ0n) is 11.7. The summed E-state index contributed by atoms with van der Waals surface area (Å²) in [6.45, 7) is 7.61. The Morgan fingerprint density at radius 2 is 2.28 bits per heavy atom. The quantitative estimate of drug-likeness (QED) is 0.874. The average Bonchev–Trinajstić information content (AvgIpc) is 2.66. The molecule has 4 nitrogen and oxygen atoms in total. The molecule has 0 radical (unpaired) electrons. The number of aromatic nitrogens is 2. The molecule has 1 saturated carbocycles. The van der Waals surface area contributed by atoms with Gasteiger partial charge in [0, 0.05) is 42.8 Å². The fourth-order valence-corrected chi connectivity index (χ4v) is 3.61. The molecule has 2 heterocycles. The monoisotopic (exact) mass is 249 g/mol. The Bertz CT molecular complexity index is 432. The third kappa shape index (κ3) is 1.66. The molecule has 1 N–H and O–H groups in total. The van der Waals surface area contributed by atoms with Crippen molar-refractivity contribution >= 4 is 5.82 Å². The van der Waals surface area contributed by atoms with Crippen molar-refractivity contribution < 1.29 is 4.74 Å². The van der Waals surface area contributed by atoms with Gasteiger partial charge in [0.25, 0.3) is 0 Å². The number of hydrogen-bond donors (Lipinski definition) is 1. The van der Waals surface area contributed by atoms with Crippen molar-refractivity contribution in [1.29, 1.82) is 0 Å². The molecule has 0 amide bonds. The maximum atomic E-state index is 5.92. The number of nitrogens with zero attached hydrogens (tertiary/aromatic N) is 2. The van der Waals surface area contributed by atoms with E-state index in [4.69, 9.17) is 4.74 Å². The van der Waals surface area contributed by atoms with Crippen LogP contribution in [0.15, 0.2) is 6.07 Å². The number of hydrogen-bond acceptors (Lipinski definition) is 3. The Balaban J connectivity index is 1.76. The van der Waals surface area contributed by atoms with Crippen LogP contribution >= 0.6 is 0 Å². The van der Waals surface area contributed by atoms with Gasteiger partial charge in [-0.1, -0.05) is 13.8 Å². The van der Waals surface area contributed by atoms with E-state index >= 15 is 0 Å². The van der Waals surface area contributed by atoms with Crippen LogP contribution in [0, 0.1) is 18.3 Å². The summed E-state index contributed by atoms with van der Waals surface area (Å²) in [5, 5.41) is 8.12. The van der Waals surface area contributed by atoms with Crippen molar-refractivity contribution in [3.05, 3.63) is 11.8 Å². The highest BCUT2D eigenvalue weighted by molar-refractivity contribution is 5.39. The van der Waals surface area contributed by atoms with Gasteiger partial charge in [0.2, 0.25) is 0 Å². The average molecular weight is 249 g/mol. The van der Waals surface area contributed by atoms with Gasteiger partial charge >= 0.3 is 0 Å². The third-order valence-corrected chi connectivity index (χ3v) is 4.75. The number of fused-ring (bicyclic) bond motifs is 1. The van der Waals surface area contributed by atoms with Gasteiger partial charge in [-0.15, -0.1) is 0 Å². The number of nitrogens with one attached hydrogen (secondary N) is 1. The Labute approximate surface area is 109 Å². The molecule has 1 saturated heterocycles. The van der Waals surface area contributed by atoms with Gasteiger partial charge in [-0.25, -0.2) is 0 Å². The summed E-state index contributed by atoms with van der Waals surface area (Å²) in [7, 11) is 1.99. The minimum absolute atomic E-state index is 0.205. The van der Waals surface area contributed by atoms with Crippen LogP contribution in [0.1, 0.15) is 32.4 Å². The van der Waals surface area contributed by atoms with E-state index in [1.165, 1.54) is 18.5 Å². The van der Waals surface area contributed by atoms with E-state index in [0.717, 1.165) is 12.4 Å². The van der Waals surface area contributed by atoms with Gasteiger partial charge in [0.05, 0.1) is 6.10 Å². The van der Waals surface area contributed by atoms with Crippen molar-refractivity contribution in [3.8, 4) is 0 Å². The number of anilines is 1. The van der Waals surface area contributed by atoms with E-state index in [1.807, 2.05) is 11.7 Å². The first-order chi connectivity index (χ1) is 8.50. The molecule has 4 heteroatoms. The molecule has 0 bridgehead atoms. The highest BCUT2D eigenvalue weighted by Crippen LogP contribution is 2.52. The van der Waals surface area contributed by atoms with Crippen LogP contribution in [0.4, 0.5) is 5.82 Å². The lowest BCUT2D eigenvalue weighted by Crippen LogP contribution is -2.67. The molecule has 2 aliphatic rings. The summed E-state index contributed by atoms with van der Waals surface area (Å²) < 4.78 is 7.84. The molecule has 1 aliphatic heterocycles. The maximum absolute atomic E-state index is 5.92.